The van der Waals surface area contributed by atoms with Gasteiger partial charge in [0, 0.05) is 31.0 Å². The van der Waals surface area contributed by atoms with E-state index in [1.165, 1.54) is 102 Å². The van der Waals surface area contributed by atoms with E-state index >= 15 is 0 Å². The molecule has 216 valence electrons. The first-order valence-corrected chi connectivity index (χ1v) is 16.1. The van der Waals surface area contributed by atoms with Gasteiger partial charge >= 0.3 is 0 Å². The highest BCUT2D eigenvalue weighted by atomic mass is 16.6. The van der Waals surface area contributed by atoms with Crippen LogP contribution in [0.4, 0.5) is 0 Å². The summed E-state index contributed by atoms with van der Waals surface area (Å²) in [6, 6.07) is 6.88. The summed E-state index contributed by atoms with van der Waals surface area (Å²) in [4.78, 5) is 12.9. The molecular formula is C33H56N2O3. The molecule has 0 radical (unpaired) electrons. The molecule has 3 rings (SSSR count). The number of ether oxygens (including phenoxy) is 2. The molecule has 5 heteroatoms. The molecule has 1 aromatic carbocycles. The van der Waals surface area contributed by atoms with Gasteiger partial charge in [0.15, 0.2) is 11.5 Å². The Labute approximate surface area is 233 Å². The molecule has 2 N–H and O–H groups in total. The van der Waals surface area contributed by atoms with E-state index in [4.69, 9.17) is 9.47 Å². The summed E-state index contributed by atoms with van der Waals surface area (Å²) in [6.45, 7) is 6.50. The van der Waals surface area contributed by atoms with E-state index in [2.05, 4.69) is 36.6 Å². The van der Waals surface area contributed by atoms with E-state index in [1.807, 2.05) is 6.07 Å². The molecule has 1 saturated carbocycles. The van der Waals surface area contributed by atoms with E-state index in [0.29, 0.717) is 25.7 Å². The molecule has 1 aromatic rings. The largest absolute Gasteiger partial charge is 0.486 e. The SMILES string of the molecule is CCCCCCCCCCCCCCCC(=O)NC(CNC1CCCC1)[C@H](C)c1ccc2c(c1)OCCO2. The number of rotatable bonds is 20. The molecule has 1 aliphatic heterocycles. The fraction of sp³-hybridized carbons (Fsp3) is 0.788. The zero-order valence-electron chi connectivity index (χ0n) is 24.5. The van der Waals surface area contributed by atoms with Crippen molar-refractivity contribution in [3.05, 3.63) is 23.8 Å². The first-order valence-electron chi connectivity index (χ1n) is 16.1. The Morgan fingerprint density at radius 1 is 0.842 bits per heavy atom. The second-order valence-electron chi connectivity index (χ2n) is 11.7. The minimum atomic E-state index is 0.0626. The van der Waals surface area contributed by atoms with Gasteiger partial charge in [-0.25, -0.2) is 0 Å². The van der Waals surface area contributed by atoms with E-state index in [0.717, 1.165) is 30.9 Å². The Kier molecular flexibility index (Phi) is 15.0. The minimum absolute atomic E-state index is 0.0626. The van der Waals surface area contributed by atoms with E-state index in [9.17, 15) is 4.79 Å². The normalized spacial score (nSPS) is 16.9. The third kappa shape index (κ3) is 11.6. The Morgan fingerprint density at radius 3 is 2.05 bits per heavy atom. The van der Waals surface area contributed by atoms with Crippen molar-refractivity contribution >= 4 is 5.91 Å². The van der Waals surface area contributed by atoms with Crippen LogP contribution in [-0.2, 0) is 4.79 Å². The maximum Gasteiger partial charge on any atom is 0.220 e. The summed E-state index contributed by atoms with van der Waals surface area (Å²) in [5, 5.41) is 7.14. The minimum Gasteiger partial charge on any atom is -0.486 e. The maximum absolute atomic E-state index is 12.9. The summed E-state index contributed by atoms with van der Waals surface area (Å²) in [5.41, 5.74) is 1.19. The number of hydrogen-bond donors (Lipinski definition) is 2. The molecule has 2 aliphatic rings. The maximum atomic E-state index is 12.9. The van der Waals surface area contributed by atoms with Crippen molar-refractivity contribution in [2.24, 2.45) is 0 Å². The third-order valence-electron chi connectivity index (χ3n) is 8.53. The van der Waals surface area contributed by atoms with Gasteiger partial charge in [0.05, 0.1) is 0 Å². The average molecular weight is 529 g/mol. The predicted octanol–water partition coefficient (Wildman–Crippen LogP) is 8.06. The van der Waals surface area contributed by atoms with Crippen molar-refractivity contribution in [3.63, 3.8) is 0 Å². The molecule has 0 aromatic heterocycles. The Bertz CT molecular complexity index is 778. The number of hydrogen-bond acceptors (Lipinski definition) is 4. The van der Waals surface area contributed by atoms with Crippen molar-refractivity contribution < 1.29 is 14.3 Å². The van der Waals surface area contributed by atoms with E-state index < -0.39 is 0 Å². The Morgan fingerprint density at radius 2 is 1.42 bits per heavy atom. The van der Waals surface area contributed by atoms with Crippen LogP contribution in [0.5, 0.6) is 11.5 Å². The first-order chi connectivity index (χ1) is 18.7. The monoisotopic (exact) mass is 528 g/mol. The van der Waals surface area contributed by atoms with Gasteiger partial charge in [-0.05, 0) is 37.0 Å². The summed E-state index contributed by atoms with van der Waals surface area (Å²) in [6.07, 6.45) is 23.0. The number of carbonyl (C=O) groups excluding carboxylic acids is 1. The van der Waals surface area contributed by atoms with Gasteiger partial charge in [-0.1, -0.05) is 110 Å². The lowest BCUT2D eigenvalue weighted by Crippen LogP contribution is -2.47. The number of unbranched alkanes of at least 4 members (excludes halogenated alkanes) is 12. The number of benzene rings is 1. The lowest BCUT2D eigenvalue weighted by atomic mass is 9.92. The molecule has 0 spiro atoms. The van der Waals surface area contributed by atoms with Crippen LogP contribution in [0.15, 0.2) is 18.2 Å². The summed E-state index contributed by atoms with van der Waals surface area (Å²) < 4.78 is 11.5. The Hall–Kier alpha value is -1.75. The van der Waals surface area contributed by atoms with Gasteiger partial charge < -0.3 is 20.1 Å². The van der Waals surface area contributed by atoms with Gasteiger partial charge in [-0.2, -0.15) is 0 Å². The second kappa shape index (κ2) is 18.5. The van der Waals surface area contributed by atoms with Crippen molar-refractivity contribution in [2.45, 2.75) is 147 Å². The summed E-state index contributed by atoms with van der Waals surface area (Å²) in [7, 11) is 0. The molecular weight excluding hydrogens is 472 g/mol. The first kappa shape index (κ1) is 30.8. The predicted molar refractivity (Wildman–Crippen MR) is 158 cm³/mol. The molecule has 1 unspecified atom stereocenters. The highest BCUT2D eigenvalue weighted by Gasteiger charge is 2.25. The number of amides is 1. The number of nitrogens with one attached hydrogen (secondary N) is 2. The van der Waals surface area contributed by atoms with Crippen LogP contribution in [0.2, 0.25) is 0 Å². The smallest absolute Gasteiger partial charge is 0.220 e. The fourth-order valence-electron chi connectivity index (χ4n) is 5.93. The van der Waals surface area contributed by atoms with Crippen molar-refractivity contribution in [1.82, 2.24) is 10.6 Å². The summed E-state index contributed by atoms with van der Waals surface area (Å²) >= 11 is 0. The van der Waals surface area contributed by atoms with Crippen molar-refractivity contribution in [1.29, 1.82) is 0 Å². The third-order valence-corrected chi connectivity index (χ3v) is 8.53. The molecule has 1 amide bonds. The molecule has 1 aliphatic carbocycles. The standard InChI is InChI=1S/C33H56N2O3/c1-3-4-5-6-7-8-9-10-11-12-13-14-15-20-33(36)35-30(26-34-29-18-16-17-19-29)27(2)28-21-22-31-32(25-28)38-24-23-37-31/h21-22,25,27,29-30,34H,3-20,23-24,26H2,1-2H3,(H,35,36)/t27-,30?/m1/s1. The highest BCUT2D eigenvalue weighted by molar-refractivity contribution is 5.76. The molecule has 38 heavy (non-hydrogen) atoms. The van der Waals surface area contributed by atoms with Crippen LogP contribution in [0.1, 0.15) is 141 Å². The number of fused-ring (bicyclic) bond motifs is 1. The number of carbonyl (C=O) groups is 1. The molecule has 0 saturated heterocycles. The van der Waals surface area contributed by atoms with Crippen molar-refractivity contribution in [3.8, 4) is 11.5 Å². The molecule has 1 fully saturated rings. The van der Waals surface area contributed by atoms with Gasteiger partial charge in [0.25, 0.3) is 0 Å². The lowest BCUT2D eigenvalue weighted by molar-refractivity contribution is -0.122. The van der Waals surface area contributed by atoms with Crippen LogP contribution in [0.25, 0.3) is 0 Å². The van der Waals surface area contributed by atoms with Gasteiger partial charge in [-0.15, -0.1) is 0 Å². The van der Waals surface area contributed by atoms with Crippen LogP contribution in [0.3, 0.4) is 0 Å². The highest BCUT2D eigenvalue weighted by Crippen LogP contribution is 2.34. The zero-order chi connectivity index (χ0) is 26.8. The zero-order valence-corrected chi connectivity index (χ0v) is 24.5. The van der Waals surface area contributed by atoms with Crippen LogP contribution < -0.4 is 20.1 Å². The van der Waals surface area contributed by atoms with Gasteiger partial charge in [-0.3, -0.25) is 4.79 Å². The molecule has 1 heterocycles. The molecule has 2 atom stereocenters. The average Bonchev–Trinajstić information content (AvgIpc) is 3.46. The lowest BCUT2D eigenvalue weighted by Gasteiger charge is -2.28. The van der Waals surface area contributed by atoms with Gasteiger partial charge in [0.1, 0.15) is 13.2 Å². The van der Waals surface area contributed by atoms with E-state index in [1.54, 1.807) is 0 Å². The van der Waals surface area contributed by atoms with Crippen LogP contribution >= 0.6 is 0 Å². The van der Waals surface area contributed by atoms with Gasteiger partial charge in [0.2, 0.25) is 5.91 Å². The summed E-state index contributed by atoms with van der Waals surface area (Å²) in [5.74, 6) is 2.02. The topological polar surface area (TPSA) is 59.6 Å². The van der Waals surface area contributed by atoms with Crippen LogP contribution in [0, 0.1) is 0 Å². The van der Waals surface area contributed by atoms with Crippen LogP contribution in [-0.4, -0.2) is 37.7 Å². The Balaban J connectivity index is 1.34. The fourth-order valence-corrected chi connectivity index (χ4v) is 5.93. The second-order valence-corrected chi connectivity index (χ2v) is 11.7. The van der Waals surface area contributed by atoms with E-state index in [-0.39, 0.29) is 17.9 Å². The molecule has 0 bridgehead atoms. The quantitative estimate of drug-likeness (QED) is 0.168. The molecule has 5 nitrogen and oxygen atoms in total. The van der Waals surface area contributed by atoms with Crippen molar-refractivity contribution in [2.75, 3.05) is 19.8 Å².